The lowest BCUT2D eigenvalue weighted by Gasteiger charge is -2.06. The number of aliphatic hydroxyl groups is 1. The molecular weight excluding hydrogens is 181 g/mol. The Bertz CT molecular complexity index is 280. The van der Waals surface area contributed by atoms with E-state index >= 15 is 0 Å². The molecule has 1 aromatic rings. The van der Waals surface area contributed by atoms with E-state index < -0.39 is 11.9 Å². The summed E-state index contributed by atoms with van der Waals surface area (Å²) in [5, 5.41) is 9.13. The normalized spacial score (nSPS) is 13.0. The lowest BCUT2D eigenvalue weighted by molar-refractivity contribution is 0.173. The van der Waals surface area contributed by atoms with Crippen molar-refractivity contribution in [3.8, 4) is 0 Å². The summed E-state index contributed by atoms with van der Waals surface area (Å²) in [6.07, 6.45) is 1.24. The molecular formula is C8H9ClFNO. The third-order valence-corrected chi connectivity index (χ3v) is 1.87. The van der Waals surface area contributed by atoms with Crippen molar-refractivity contribution in [3.05, 3.63) is 28.8 Å². The molecule has 4 heteroatoms. The maximum Gasteiger partial charge on any atom is 0.164 e. The third kappa shape index (κ3) is 1.93. The number of aromatic nitrogens is 1. The quantitative estimate of drug-likeness (QED) is 0.725. The zero-order valence-corrected chi connectivity index (χ0v) is 7.35. The monoisotopic (exact) mass is 189 g/mol. The molecule has 1 N–H and O–H groups in total. The fraction of sp³-hybridized carbons (Fsp3) is 0.375. The lowest BCUT2D eigenvalue weighted by atomic mass is 10.1. The van der Waals surface area contributed by atoms with Crippen LogP contribution in [0.1, 0.15) is 25.0 Å². The van der Waals surface area contributed by atoms with Crippen molar-refractivity contribution in [3.63, 3.8) is 0 Å². The SMILES string of the molecule is CCC(O)c1cnc(Cl)c(F)c1. The molecule has 2 nitrogen and oxygen atoms in total. The molecule has 1 aromatic heterocycles. The van der Waals surface area contributed by atoms with E-state index in [1.807, 2.05) is 0 Å². The highest BCUT2D eigenvalue weighted by atomic mass is 35.5. The van der Waals surface area contributed by atoms with Gasteiger partial charge < -0.3 is 5.11 Å². The van der Waals surface area contributed by atoms with E-state index in [0.717, 1.165) is 0 Å². The zero-order valence-electron chi connectivity index (χ0n) is 6.59. The largest absolute Gasteiger partial charge is 0.388 e. The van der Waals surface area contributed by atoms with E-state index in [1.54, 1.807) is 6.92 Å². The van der Waals surface area contributed by atoms with Gasteiger partial charge in [-0.2, -0.15) is 0 Å². The Morgan fingerprint density at radius 2 is 2.42 bits per heavy atom. The Balaban J connectivity index is 2.96. The van der Waals surface area contributed by atoms with E-state index in [0.29, 0.717) is 12.0 Å². The first-order valence-corrected chi connectivity index (χ1v) is 4.02. The van der Waals surface area contributed by atoms with Gasteiger partial charge in [0.2, 0.25) is 0 Å². The van der Waals surface area contributed by atoms with Gasteiger partial charge in [0, 0.05) is 11.8 Å². The maximum atomic E-state index is 12.8. The molecule has 1 rings (SSSR count). The smallest absolute Gasteiger partial charge is 0.164 e. The summed E-state index contributed by atoms with van der Waals surface area (Å²) in [5.41, 5.74) is 0.458. The van der Waals surface area contributed by atoms with E-state index in [9.17, 15) is 9.50 Å². The minimum Gasteiger partial charge on any atom is -0.388 e. The molecule has 0 aliphatic carbocycles. The first-order valence-electron chi connectivity index (χ1n) is 3.64. The summed E-state index contributed by atoms with van der Waals surface area (Å²) in [6.45, 7) is 1.80. The molecule has 0 aliphatic rings. The van der Waals surface area contributed by atoms with Crippen LogP contribution in [0.3, 0.4) is 0 Å². The van der Waals surface area contributed by atoms with Gasteiger partial charge in [-0.25, -0.2) is 9.37 Å². The summed E-state index contributed by atoms with van der Waals surface area (Å²) in [4.78, 5) is 3.58. The molecule has 0 fully saturated rings. The van der Waals surface area contributed by atoms with Gasteiger partial charge in [-0.15, -0.1) is 0 Å². The third-order valence-electron chi connectivity index (χ3n) is 1.59. The molecule has 0 aromatic carbocycles. The van der Waals surface area contributed by atoms with Crippen LogP contribution in [-0.4, -0.2) is 10.1 Å². The van der Waals surface area contributed by atoms with Crippen molar-refractivity contribution in [2.75, 3.05) is 0 Å². The molecule has 0 amide bonds. The van der Waals surface area contributed by atoms with Gasteiger partial charge in [-0.1, -0.05) is 18.5 Å². The summed E-state index contributed by atoms with van der Waals surface area (Å²) >= 11 is 5.36. The van der Waals surface area contributed by atoms with Crippen molar-refractivity contribution in [1.29, 1.82) is 0 Å². The van der Waals surface area contributed by atoms with Gasteiger partial charge in [0.25, 0.3) is 0 Å². The average molecular weight is 190 g/mol. The average Bonchev–Trinajstić information content (AvgIpc) is 2.08. The molecule has 1 atom stereocenters. The number of halogens is 2. The topological polar surface area (TPSA) is 33.1 Å². The summed E-state index contributed by atoms with van der Waals surface area (Å²) < 4.78 is 12.8. The van der Waals surface area contributed by atoms with Crippen LogP contribution in [0.15, 0.2) is 12.3 Å². The van der Waals surface area contributed by atoms with E-state index in [-0.39, 0.29) is 5.15 Å². The Morgan fingerprint density at radius 1 is 1.75 bits per heavy atom. The molecule has 66 valence electrons. The fourth-order valence-electron chi connectivity index (χ4n) is 0.854. The van der Waals surface area contributed by atoms with Gasteiger partial charge in [0.05, 0.1) is 6.10 Å². The molecule has 0 bridgehead atoms. The maximum absolute atomic E-state index is 12.8. The Labute approximate surface area is 75.0 Å². The van der Waals surface area contributed by atoms with Crippen molar-refractivity contribution >= 4 is 11.6 Å². The number of nitrogens with zero attached hydrogens (tertiary/aromatic N) is 1. The molecule has 0 saturated carbocycles. The standard InChI is InChI=1S/C8H9ClFNO/c1-2-7(12)5-3-6(10)8(9)11-4-5/h3-4,7,12H,2H2,1H3. The predicted molar refractivity (Wildman–Crippen MR) is 44.5 cm³/mol. The van der Waals surface area contributed by atoms with Crippen molar-refractivity contribution in [2.45, 2.75) is 19.4 Å². The Kier molecular flexibility index (Phi) is 3.00. The number of rotatable bonds is 2. The minimum atomic E-state index is -0.663. The first-order chi connectivity index (χ1) is 5.65. The van der Waals surface area contributed by atoms with Gasteiger partial charge in [-0.05, 0) is 12.5 Å². The van der Waals surface area contributed by atoms with Crippen LogP contribution in [-0.2, 0) is 0 Å². The fourth-order valence-corrected chi connectivity index (χ4v) is 0.957. The van der Waals surface area contributed by atoms with Crippen LogP contribution in [0, 0.1) is 5.82 Å². The zero-order chi connectivity index (χ0) is 9.14. The number of hydrogen-bond donors (Lipinski definition) is 1. The minimum absolute atomic E-state index is 0.165. The molecule has 0 spiro atoms. The number of pyridine rings is 1. The molecule has 1 unspecified atom stereocenters. The molecule has 1 heterocycles. The highest BCUT2D eigenvalue weighted by Gasteiger charge is 2.08. The predicted octanol–water partition coefficient (Wildman–Crippen LogP) is 2.32. The molecule has 0 aliphatic heterocycles. The van der Waals surface area contributed by atoms with Crippen LogP contribution in [0.25, 0.3) is 0 Å². The summed E-state index contributed by atoms with van der Waals surface area (Å²) in [7, 11) is 0. The van der Waals surface area contributed by atoms with E-state index in [1.165, 1.54) is 12.3 Å². The second kappa shape index (κ2) is 3.83. The second-order valence-electron chi connectivity index (χ2n) is 2.47. The summed E-state index contributed by atoms with van der Waals surface area (Å²) in [5.74, 6) is -0.596. The van der Waals surface area contributed by atoms with Crippen LogP contribution in [0.5, 0.6) is 0 Å². The van der Waals surface area contributed by atoms with E-state index in [2.05, 4.69) is 4.98 Å². The number of aliphatic hydroxyl groups excluding tert-OH is 1. The van der Waals surface area contributed by atoms with Gasteiger partial charge >= 0.3 is 0 Å². The Hall–Kier alpha value is -0.670. The van der Waals surface area contributed by atoms with Crippen LogP contribution >= 0.6 is 11.6 Å². The molecule has 0 radical (unpaired) electrons. The second-order valence-corrected chi connectivity index (χ2v) is 2.82. The number of hydrogen-bond acceptors (Lipinski definition) is 2. The highest BCUT2D eigenvalue weighted by Crippen LogP contribution is 2.19. The molecule has 0 saturated heterocycles. The van der Waals surface area contributed by atoms with Crippen LogP contribution in [0.2, 0.25) is 5.15 Å². The van der Waals surface area contributed by atoms with Gasteiger partial charge in [0.1, 0.15) is 0 Å². The van der Waals surface area contributed by atoms with Crippen LogP contribution in [0.4, 0.5) is 4.39 Å². The van der Waals surface area contributed by atoms with Crippen molar-refractivity contribution < 1.29 is 9.50 Å². The van der Waals surface area contributed by atoms with Crippen molar-refractivity contribution in [2.24, 2.45) is 0 Å². The van der Waals surface area contributed by atoms with Gasteiger partial charge in [0.15, 0.2) is 11.0 Å². The summed E-state index contributed by atoms with van der Waals surface area (Å²) in [6, 6.07) is 1.20. The highest BCUT2D eigenvalue weighted by molar-refractivity contribution is 6.29. The Morgan fingerprint density at radius 3 is 2.92 bits per heavy atom. The van der Waals surface area contributed by atoms with Crippen LogP contribution < -0.4 is 0 Å². The van der Waals surface area contributed by atoms with E-state index in [4.69, 9.17) is 11.6 Å². The van der Waals surface area contributed by atoms with Crippen molar-refractivity contribution in [1.82, 2.24) is 4.98 Å². The first kappa shape index (κ1) is 9.42. The molecule has 12 heavy (non-hydrogen) atoms. The van der Waals surface area contributed by atoms with Gasteiger partial charge in [-0.3, -0.25) is 0 Å². The lowest BCUT2D eigenvalue weighted by Crippen LogP contribution is -1.97.